The van der Waals surface area contributed by atoms with Gasteiger partial charge < -0.3 is 0 Å². The van der Waals surface area contributed by atoms with E-state index >= 15 is 0 Å². The van der Waals surface area contributed by atoms with Crippen LogP contribution in [-0.4, -0.2) is 15.0 Å². The molecule has 290 valence electrons. The van der Waals surface area contributed by atoms with Gasteiger partial charge in [-0.25, -0.2) is 15.0 Å². The second-order valence-corrected chi connectivity index (χ2v) is 16.9. The van der Waals surface area contributed by atoms with Crippen LogP contribution in [0.3, 0.4) is 0 Å². The number of fused-ring (bicyclic) bond motifs is 6. The Morgan fingerprint density at radius 2 is 0.823 bits per heavy atom. The molecular weight excluding hydrogens is 771 g/mol. The molecule has 9 aromatic carbocycles. The van der Waals surface area contributed by atoms with Crippen molar-refractivity contribution in [1.29, 1.82) is 0 Å². The van der Waals surface area contributed by atoms with E-state index in [2.05, 4.69) is 188 Å². The van der Waals surface area contributed by atoms with E-state index in [4.69, 9.17) is 15.0 Å². The molecular formula is C58H37N3S. The highest BCUT2D eigenvalue weighted by Crippen LogP contribution is 2.58. The third kappa shape index (κ3) is 5.76. The van der Waals surface area contributed by atoms with Gasteiger partial charge in [0.15, 0.2) is 17.5 Å². The summed E-state index contributed by atoms with van der Waals surface area (Å²) in [4.78, 5) is 15.2. The fourth-order valence-electron chi connectivity index (χ4n) is 9.70. The Labute approximate surface area is 364 Å². The van der Waals surface area contributed by atoms with Crippen LogP contribution in [0.1, 0.15) is 22.3 Å². The van der Waals surface area contributed by atoms with Gasteiger partial charge in [-0.05, 0) is 73.8 Å². The molecule has 2 heterocycles. The Kier molecular flexibility index (Phi) is 8.58. The fraction of sp³-hybridized carbons (Fsp3) is 0.0172. The summed E-state index contributed by atoms with van der Waals surface area (Å²) < 4.78 is 2.43. The van der Waals surface area contributed by atoms with Crippen LogP contribution in [-0.2, 0) is 5.41 Å². The largest absolute Gasteiger partial charge is 0.208 e. The number of hydrogen-bond donors (Lipinski definition) is 0. The maximum Gasteiger partial charge on any atom is 0.164 e. The zero-order valence-corrected chi connectivity index (χ0v) is 34.4. The van der Waals surface area contributed by atoms with Crippen molar-refractivity contribution in [1.82, 2.24) is 15.0 Å². The molecule has 62 heavy (non-hydrogen) atoms. The molecule has 0 saturated heterocycles. The molecule has 0 amide bonds. The lowest BCUT2D eigenvalue weighted by Gasteiger charge is -2.34. The highest BCUT2D eigenvalue weighted by Gasteiger charge is 2.46. The number of nitrogens with zero attached hydrogens (tertiary/aromatic N) is 3. The Bertz CT molecular complexity index is 3340. The maximum absolute atomic E-state index is 5.12. The average molecular weight is 808 g/mol. The minimum Gasteiger partial charge on any atom is -0.208 e. The number of benzene rings is 9. The summed E-state index contributed by atoms with van der Waals surface area (Å²) in [6, 6.07) is 80.7. The summed E-state index contributed by atoms with van der Waals surface area (Å²) in [5, 5.41) is 2.36. The zero-order chi connectivity index (χ0) is 41.0. The van der Waals surface area contributed by atoms with E-state index < -0.39 is 5.41 Å². The summed E-state index contributed by atoms with van der Waals surface area (Å²) >= 11 is 1.81. The quantitative estimate of drug-likeness (QED) is 0.161. The molecule has 0 fully saturated rings. The van der Waals surface area contributed by atoms with Crippen molar-refractivity contribution < 1.29 is 0 Å². The van der Waals surface area contributed by atoms with Crippen LogP contribution >= 0.6 is 11.3 Å². The lowest BCUT2D eigenvalue weighted by Crippen LogP contribution is -2.28. The van der Waals surface area contributed by atoms with E-state index in [1.807, 2.05) is 36.4 Å². The van der Waals surface area contributed by atoms with E-state index in [1.54, 1.807) is 11.3 Å². The highest BCUT2D eigenvalue weighted by molar-refractivity contribution is 7.26. The SMILES string of the molecule is c1ccc(-c2nc(-c3ccccc3)nc(-c3cccc4sc5ccc(-c6ccc(-c7cccc8c7-c7ccccc7C8(c7ccccc7)c7ccccc7)cc6)cc5c34)n2)cc1. The van der Waals surface area contributed by atoms with Crippen LogP contribution in [0, 0.1) is 0 Å². The standard InChI is InChI=1S/C58H37N3S/c1-5-17-40(18-6-1)55-59-56(41-19-7-2-8-20-41)61-57(60-55)47-27-16-30-52-54(47)48-37-42(35-36-51(48)62-52)38-31-33-39(34-32-38)45-26-15-29-50-53(45)46-25-13-14-28-49(46)58(50,43-21-9-3-10-22-43)44-23-11-4-12-24-44/h1-37H. The Morgan fingerprint density at radius 3 is 1.48 bits per heavy atom. The second-order valence-electron chi connectivity index (χ2n) is 15.9. The molecule has 3 nitrogen and oxygen atoms in total. The van der Waals surface area contributed by atoms with E-state index in [-0.39, 0.29) is 0 Å². The fourth-order valence-corrected chi connectivity index (χ4v) is 10.8. The first-order valence-electron chi connectivity index (χ1n) is 21.0. The summed E-state index contributed by atoms with van der Waals surface area (Å²) in [7, 11) is 0. The lowest BCUT2D eigenvalue weighted by molar-refractivity contribution is 0.768. The topological polar surface area (TPSA) is 38.7 Å². The van der Waals surface area contributed by atoms with E-state index in [0.717, 1.165) is 22.1 Å². The maximum atomic E-state index is 5.12. The Hall–Kier alpha value is -7.79. The molecule has 0 unspecified atom stereocenters. The minimum atomic E-state index is -0.435. The molecule has 0 saturated carbocycles. The van der Waals surface area contributed by atoms with Gasteiger partial charge in [-0.1, -0.05) is 206 Å². The van der Waals surface area contributed by atoms with Crippen molar-refractivity contribution in [3.63, 3.8) is 0 Å². The van der Waals surface area contributed by atoms with Gasteiger partial charge in [-0.2, -0.15) is 0 Å². The van der Waals surface area contributed by atoms with Crippen LogP contribution < -0.4 is 0 Å². The van der Waals surface area contributed by atoms with Crippen molar-refractivity contribution in [2.75, 3.05) is 0 Å². The van der Waals surface area contributed by atoms with E-state index in [0.29, 0.717) is 17.5 Å². The Morgan fingerprint density at radius 1 is 0.323 bits per heavy atom. The molecule has 1 aliphatic carbocycles. The number of thiophene rings is 1. The van der Waals surface area contributed by atoms with Crippen molar-refractivity contribution in [3.8, 4) is 67.5 Å². The van der Waals surface area contributed by atoms with E-state index in [9.17, 15) is 0 Å². The molecule has 0 N–H and O–H groups in total. The van der Waals surface area contributed by atoms with Gasteiger partial charge >= 0.3 is 0 Å². The summed E-state index contributed by atoms with van der Waals surface area (Å²) in [5.41, 5.74) is 15.0. The monoisotopic (exact) mass is 807 g/mol. The van der Waals surface area contributed by atoms with Crippen LogP contribution in [0.2, 0.25) is 0 Å². The first-order chi connectivity index (χ1) is 30.7. The molecule has 4 heteroatoms. The summed E-state index contributed by atoms with van der Waals surface area (Å²) in [5.74, 6) is 1.98. The minimum absolute atomic E-state index is 0.435. The normalized spacial score (nSPS) is 12.6. The first kappa shape index (κ1) is 36.1. The zero-order valence-electron chi connectivity index (χ0n) is 33.6. The number of rotatable bonds is 7. The van der Waals surface area contributed by atoms with Crippen molar-refractivity contribution in [3.05, 3.63) is 247 Å². The summed E-state index contributed by atoms with van der Waals surface area (Å²) in [6.45, 7) is 0. The Balaban J connectivity index is 0.974. The molecule has 0 bridgehead atoms. The molecule has 11 aromatic rings. The van der Waals surface area contributed by atoms with Crippen LogP contribution in [0.5, 0.6) is 0 Å². The first-order valence-corrected chi connectivity index (χ1v) is 21.8. The smallest absolute Gasteiger partial charge is 0.164 e. The van der Waals surface area contributed by atoms with Crippen molar-refractivity contribution in [2.24, 2.45) is 0 Å². The molecule has 0 atom stereocenters. The van der Waals surface area contributed by atoms with Gasteiger partial charge in [-0.15, -0.1) is 11.3 Å². The molecule has 0 spiro atoms. The van der Waals surface area contributed by atoms with Crippen molar-refractivity contribution in [2.45, 2.75) is 5.41 Å². The van der Waals surface area contributed by atoms with Gasteiger partial charge in [0.25, 0.3) is 0 Å². The molecule has 0 radical (unpaired) electrons. The predicted octanol–water partition coefficient (Wildman–Crippen LogP) is 14.9. The van der Waals surface area contributed by atoms with Gasteiger partial charge in [0, 0.05) is 36.9 Å². The number of hydrogen-bond acceptors (Lipinski definition) is 4. The molecule has 2 aromatic heterocycles. The van der Waals surface area contributed by atoms with Crippen molar-refractivity contribution >= 4 is 31.5 Å². The molecule has 0 aliphatic heterocycles. The number of aromatic nitrogens is 3. The second kappa shape index (κ2) is 14.7. The third-order valence-electron chi connectivity index (χ3n) is 12.4. The lowest BCUT2D eigenvalue weighted by atomic mass is 9.67. The van der Waals surface area contributed by atoms with Crippen LogP contribution in [0.4, 0.5) is 0 Å². The van der Waals surface area contributed by atoms with Gasteiger partial charge in [0.1, 0.15) is 0 Å². The van der Waals surface area contributed by atoms with Crippen LogP contribution in [0.25, 0.3) is 87.7 Å². The van der Waals surface area contributed by atoms with Gasteiger partial charge in [-0.3, -0.25) is 0 Å². The predicted molar refractivity (Wildman–Crippen MR) is 257 cm³/mol. The van der Waals surface area contributed by atoms with Gasteiger partial charge in [0.05, 0.1) is 5.41 Å². The van der Waals surface area contributed by atoms with E-state index in [1.165, 1.54) is 70.4 Å². The summed E-state index contributed by atoms with van der Waals surface area (Å²) in [6.07, 6.45) is 0. The molecule has 12 rings (SSSR count). The average Bonchev–Trinajstić information content (AvgIpc) is 3.89. The van der Waals surface area contributed by atoms with Crippen LogP contribution in [0.15, 0.2) is 224 Å². The highest BCUT2D eigenvalue weighted by atomic mass is 32.1. The third-order valence-corrected chi connectivity index (χ3v) is 13.6. The molecule has 1 aliphatic rings. The van der Waals surface area contributed by atoms with Gasteiger partial charge in [0.2, 0.25) is 0 Å².